The fraction of sp³-hybridized carbons (Fsp3) is 0.0476. The number of nitrogens with zero attached hydrogens (tertiary/aromatic N) is 1. The van der Waals surface area contributed by atoms with Gasteiger partial charge in [0.15, 0.2) is 0 Å². The maximum Gasteiger partial charge on any atom is 0.270 e. The zero-order chi connectivity index (χ0) is 21.5. The van der Waals surface area contributed by atoms with Crippen molar-refractivity contribution >= 4 is 39.5 Å². The van der Waals surface area contributed by atoms with Gasteiger partial charge in [-0.2, -0.15) is 0 Å². The molecule has 0 bridgehead atoms. The first-order valence-corrected chi connectivity index (χ1v) is 9.55. The molecule has 9 heteroatoms. The summed E-state index contributed by atoms with van der Waals surface area (Å²) in [6, 6.07) is 15.8. The van der Waals surface area contributed by atoms with E-state index in [1.165, 1.54) is 30.5 Å². The molecule has 0 fully saturated rings. The summed E-state index contributed by atoms with van der Waals surface area (Å²) in [6.07, 6.45) is 2.86. The largest absolute Gasteiger partial charge is 0.467 e. The van der Waals surface area contributed by atoms with E-state index in [1.807, 2.05) is 0 Å². The molecule has 0 saturated heterocycles. The summed E-state index contributed by atoms with van der Waals surface area (Å²) in [5.74, 6) is -0.520. The molecule has 8 nitrogen and oxygen atoms in total. The van der Waals surface area contributed by atoms with Gasteiger partial charge in [-0.3, -0.25) is 19.7 Å². The van der Waals surface area contributed by atoms with Crippen molar-refractivity contribution in [2.45, 2.75) is 6.54 Å². The van der Waals surface area contributed by atoms with E-state index in [0.29, 0.717) is 16.9 Å². The van der Waals surface area contributed by atoms with Crippen LogP contribution in [0.1, 0.15) is 21.7 Å². The van der Waals surface area contributed by atoms with Crippen LogP contribution in [0.4, 0.5) is 5.69 Å². The highest BCUT2D eigenvalue weighted by Crippen LogP contribution is 2.16. The van der Waals surface area contributed by atoms with Crippen molar-refractivity contribution < 1.29 is 18.9 Å². The Labute approximate surface area is 179 Å². The second-order valence-corrected chi connectivity index (χ2v) is 7.05. The Kier molecular flexibility index (Phi) is 6.76. The van der Waals surface area contributed by atoms with E-state index in [2.05, 4.69) is 26.6 Å². The minimum Gasteiger partial charge on any atom is -0.467 e. The maximum atomic E-state index is 12.7. The Morgan fingerprint density at radius 3 is 2.53 bits per heavy atom. The minimum absolute atomic E-state index is 0.0602. The van der Waals surface area contributed by atoms with Crippen molar-refractivity contribution in [3.8, 4) is 0 Å². The second-order valence-electron chi connectivity index (χ2n) is 6.13. The number of nitrogens with one attached hydrogen (secondary N) is 2. The number of rotatable bonds is 7. The van der Waals surface area contributed by atoms with E-state index < -0.39 is 16.7 Å². The van der Waals surface area contributed by atoms with E-state index in [-0.39, 0.29) is 17.9 Å². The Balaban J connectivity index is 1.86. The number of hydrogen-bond acceptors (Lipinski definition) is 5. The Bertz CT molecular complexity index is 1090. The van der Waals surface area contributed by atoms with Gasteiger partial charge in [0.05, 0.1) is 17.7 Å². The molecule has 0 atom stereocenters. The first-order chi connectivity index (χ1) is 14.4. The second kappa shape index (κ2) is 9.66. The number of furan rings is 1. The molecule has 0 aliphatic heterocycles. The zero-order valence-corrected chi connectivity index (χ0v) is 17.1. The highest BCUT2D eigenvalue weighted by Gasteiger charge is 2.16. The van der Waals surface area contributed by atoms with Crippen LogP contribution < -0.4 is 10.6 Å². The lowest BCUT2D eigenvalue weighted by Gasteiger charge is -2.11. The van der Waals surface area contributed by atoms with Gasteiger partial charge in [-0.05, 0) is 48.0 Å². The summed E-state index contributed by atoms with van der Waals surface area (Å²) in [5, 5.41) is 16.2. The van der Waals surface area contributed by atoms with E-state index in [9.17, 15) is 19.7 Å². The number of carbonyl (C=O) groups is 2. The average molecular weight is 470 g/mol. The molecule has 0 unspecified atom stereocenters. The summed E-state index contributed by atoms with van der Waals surface area (Å²) in [6.45, 7) is 0.117. The lowest BCUT2D eigenvalue weighted by atomic mass is 10.1. The van der Waals surface area contributed by atoms with Gasteiger partial charge in [-0.15, -0.1) is 0 Å². The monoisotopic (exact) mass is 469 g/mol. The van der Waals surface area contributed by atoms with Crippen LogP contribution in [-0.4, -0.2) is 16.7 Å². The number of non-ortho nitro benzene ring substituents is 1. The highest BCUT2D eigenvalue weighted by molar-refractivity contribution is 9.10. The molecular weight excluding hydrogens is 454 g/mol. The van der Waals surface area contributed by atoms with Crippen molar-refractivity contribution in [2.75, 3.05) is 0 Å². The molecule has 1 heterocycles. The van der Waals surface area contributed by atoms with Crippen molar-refractivity contribution in [1.82, 2.24) is 10.6 Å². The van der Waals surface area contributed by atoms with Crippen molar-refractivity contribution in [1.29, 1.82) is 0 Å². The molecule has 1 aromatic heterocycles. The van der Waals surface area contributed by atoms with Crippen LogP contribution in [0.5, 0.6) is 0 Å². The van der Waals surface area contributed by atoms with E-state index >= 15 is 0 Å². The molecule has 0 spiro atoms. The average Bonchev–Trinajstić information content (AvgIpc) is 3.26. The van der Waals surface area contributed by atoms with Gasteiger partial charge in [-0.25, -0.2) is 0 Å². The molecule has 2 aromatic carbocycles. The van der Waals surface area contributed by atoms with Gasteiger partial charge >= 0.3 is 0 Å². The maximum absolute atomic E-state index is 12.7. The fourth-order valence-electron chi connectivity index (χ4n) is 2.52. The number of nitro groups is 1. The van der Waals surface area contributed by atoms with Crippen molar-refractivity contribution in [3.63, 3.8) is 0 Å². The smallest absolute Gasteiger partial charge is 0.270 e. The topological polar surface area (TPSA) is 114 Å². The predicted octanol–water partition coefficient (Wildman–Crippen LogP) is 4.04. The first kappa shape index (κ1) is 21.0. The van der Waals surface area contributed by atoms with Crippen LogP contribution >= 0.6 is 15.9 Å². The summed E-state index contributed by atoms with van der Waals surface area (Å²) in [5.41, 5.74) is 0.554. The number of halogens is 1. The minimum atomic E-state index is -0.566. The molecule has 0 aliphatic carbocycles. The number of benzene rings is 2. The number of hydrogen-bond donors (Lipinski definition) is 2. The molecular formula is C21H16BrN3O5. The van der Waals surface area contributed by atoms with E-state index in [4.69, 9.17) is 4.42 Å². The van der Waals surface area contributed by atoms with Gasteiger partial charge in [0, 0.05) is 22.2 Å². The van der Waals surface area contributed by atoms with Crippen LogP contribution in [0.25, 0.3) is 6.08 Å². The molecule has 2 amide bonds. The van der Waals surface area contributed by atoms with Gasteiger partial charge in [0.1, 0.15) is 11.5 Å². The van der Waals surface area contributed by atoms with Gasteiger partial charge < -0.3 is 15.1 Å². The first-order valence-electron chi connectivity index (χ1n) is 8.76. The third-order valence-corrected chi connectivity index (χ3v) is 4.52. The molecule has 152 valence electrons. The molecule has 30 heavy (non-hydrogen) atoms. The highest BCUT2D eigenvalue weighted by atomic mass is 79.9. The lowest BCUT2D eigenvalue weighted by Crippen LogP contribution is -2.34. The zero-order valence-electron chi connectivity index (χ0n) is 15.5. The number of carbonyl (C=O) groups excluding carboxylic acids is 2. The third-order valence-electron chi connectivity index (χ3n) is 3.99. The van der Waals surface area contributed by atoms with Crippen molar-refractivity contribution in [3.05, 3.63) is 104 Å². The molecule has 0 saturated carbocycles. The van der Waals surface area contributed by atoms with Crippen LogP contribution in [0.2, 0.25) is 0 Å². The summed E-state index contributed by atoms with van der Waals surface area (Å²) < 4.78 is 5.99. The summed E-state index contributed by atoms with van der Waals surface area (Å²) in [4.78, 5) is 35.8. The molecule has 0 radical (unpaired) electrons. The number of nitro benzene ring substituents is 1. The van der Waals surface area contributed by atoms with Crippen molar-refractivity contribution in [2.24, 2.45) is 0 Å². The lowest BCUT2D eigenvalue weighted by molar-refractivity contribution is -0.384. The molecule has 0 aliphatic rings. The van der Waals surface area contributed by atoms with Gasteiger partial charge in [0.25, 0.3) is 17.5 Å². The van der Waals surface area contributed by atoms with Crippen LogP contribution in [0.3, 0.4) is 0 Å². The fourth-order valence-corrected chi connectivity index (χ4v) is 2.79. The molecule has 3 rings (SSSR count). The quantitative estimate of drug-likeness (QED) is 0.307. The van der Waals surface area contributed by atoms with E-state index in [0.717, 1.165) is 4.47 Å². The van der Waals surface area contributed by atoms with Gasteiger partial charge in [0.2, 0.25) is 0 Å². The standard InChI is InChI=1S/C21H16BrN3O5/c22-16-8-6-15(7-9-16)20(26)24-19(21(27)23-13-18-5-2-10-30-18)12-14-3-1-4-17(11-14)25(28)29/h1-12H,13H2,(H,23,27)(H,24,26). The van der Waals surface area contributed by atoms with Crippen LogP contribution in [-0.2, 0) is 11.3 Å². The Hall–Kier alpha value is -3.72. The van der Waals surface area contributed by atoms with Crippen LogP contribution in [0.15, 0.2) is 81.5 Å². The van der Waals surface area contributed by atoms with Crippen LogP contribution in [0, 0.1) is 10.1 Å². The third kappa shape index (κ3) is 5.65. The molecule has 2 N–H and O–H groups in total. The predicted molar refractivity (Wildman–Crippen MR) is 113 cm³/mol. The van der Waals surface area contributed by atoms with Gasteiger partial charge in [-0.1, -0.05) is 28.1 Å². The molecule has 3 aromatic rings. The Morgan fingerprint density at radius 2 is 1.87 bits per heavy atom. The summed E-state index contributed by atoms with van der Waals surface area (Å²) in [7, 11) is 0. The SMILES string of the molecule is O=C(NCc1ccco1)C(=Cc1cccc([N+](=O)[O-])c1)NC(=O)c1ccc(Br)cc1. The normalized spacial score (nSPS) is 11.0. The number of amides is 2. The van der Waals surface area contributed by atoms with E-state index in [1.54, 1.807) is 42.5 Å². The summed E-state index contributed by atoms with van der Waals surface area (Å²) >= 11 is 3.30. The Morgan fingerprint density at radius 1 is 1.10 bits per heavy atom.